The van der Waals surface area contributed by atoms with Crippen molar-refractivity contribution >= 4 is 11.4 Å². The summed E-state index contributed by atoms with van der Waals surface area (Å²) in [5, 5.41) is 0. The van der Waals surface area contributed by atoms with Crippen molar-refractivity contribution in [3.63, 3.8) is 0 Å². The molecule has 0 aliphatic carbocycles. The van der Waals surface area contributed by atoms with Gasteiger partial charge in [0, 0.05) is 19.8 Å². The average molecular weight is 228 g/mol. The van der Waals surface area contributed by atoms with Crippen LogP contribution in [0.3, 0.4) is 0 Å². The van der Waals surface area contributed by atoms with Crippen LogP contribution in [0.2, 0.25) is 0 Å². The minimum atomic E-state index is 0.873. The van der Waals surface area contributed by atoms with E-state index in [-0.39, 0.29) is 0 Å². The van der Waals surface area contributed by atoms with E-state index in [1.807, 2.05) is 31.7 Å². The molecule has 0 saturated heterocycles. The van der Waals surface area contributed by atoms with Crippen LogP contribution < -0.4 is 10.6 Å². The zero-order chi connectivity index (χ0) is 11.8. The van der Waals surface area contributed by atoms with E-state index in [0.717, 1.165) is 25.2 Å². The molecule has 1 aromatic heterocycles. The summed E-state index contributed by atoms with van der Waals surface area (Å²) in [5.74, 6) is 0. The van der Waals surface area contributed by atoms with Crippen molar-refractivity contribution in [1.82, 2.24) is 9.55 Å². The molecule has 17 heavy (non-hydrogen) atoms. The van der Waals surface area contributed by atoms with Gasteiger partial charge in [-0.05, 0) is 18.1 Å². The fourth-order valence-electron chi connectivity index (χ4n) is 2.46. The number of nitrogen functional groups attached to an aromatic ring is 1. The van der Waals surface area contributed by atoms with Crippen LogP contribution in [0.25, 0.3) is 0 Å². The molecule has 0 atom stereocenters. The average Bonchev–Trinajstić information content (AvgIpc) is 2.89. The number of hydrogen-bond donors (Lipinski definition) is 1. The zero-order valence-electron chi connectivity index (χ0n) is 9.93. The lowest BCUT2D eigenvalue weighted by Gasteiger charge is -2.20. The van der Waals surface area contributed by atoms with E-state index >= 15 is 0 Å². The van der Waals surface area contributed by atoms with Gasteiger partial charge in [-0.2, -0.15) is 0 Å². The Morgan fingerprint density at radius 2 is 2.29 bits per heavy atom. The van der Waals surface area contributed by atoms with Crippen molar-refractivity contribution in [3.05, 3.63) is 42.0 Å². The number of aromatic nitrogens is 2. The second kappa shape index (κ2) is 3.80. The van der Waals surface area contributed by atoms with Crippen molar-refractivity contribution in [2.24, 2.45) is 7.05 Å². The van der Waals surface area contributed by atoms with Gasteiger partial charge in [0.1, 0.15) is 0 Å². The number of para-hydroxylation sites is 1. The summed E-state index contributed by atoms with van der Waals surface area (Å²) in [6.45, 7) is 1.91. The Labute approximate surface area is 101 Å². The van der Waals surface area contributed by atoms with E-state index < -0.39 is 0 Å². The molecule has 2 aromatic rings. The summed E-state index contributed by atoms with van der Waals surface area (Å²) in [6, 6.07) is 6.16. The number of nitrogens with two attached hydrogens (primary N) is 1. The summed E-state index contributed by atoms with van der Waals surface area (Å²) in [7, 11) is 2.02. The molecule has 1 aliphatic heterocycles. The molecule has 3 rings (SSSR count). The highest BCUT2D eigenvalue weighted by Crippen LogP contribution is 2.34. The van der Waals surface area contributed by atoms with E-state index in [0.29, 0.717) is 0 Å². The third kappa shape index (κ3) is 1.65. The number of imidazole rings is 1. The normalized spacial score (nSPS) is 14.1. The van der Waals surface area contributed by atoms with Gasteiger partial charge in [-0.3, -0.25) is 0 Å². The molecule has 0 amide bonds. The number of benzene rings is 1. The van der Waals surface area contributed by atoms with Gasteiger partial charge in [-0.25, -0.2) is 4.98 Å². The maximum absolute atomic E-state index is 6.07. The predicted molar refractivity (Wildman–Crippen MR) is 68.8 cm³/mol. The molecule has 4 heteroatoms. The van der Waals surface area contributed by atoms with Gasteiger partial charge in [0.25, 0.3) is 0 Å². The smallest absolute Gasteiger partial charge is 0.0946 e. The highest BCUT2D eigenvalue weighted by atomic mass is 15.2. The Kier molecular flexibility index (Phi) is 2.28. The molecule has 2 N–H and O–H groups in total. The zero-order valence-corrected chi connectivity index (χ0v) is 9.93. The van der Waals surface area contributed by atoms with Gasteiger partial charge in [0.2, 0.25) is 0 Å². The minimum absolute atomic E-state index is 0.873. The van der Waals surface area contributed by atoms with Crippen LogP contribution in [0.15, 0.2) is 30.7 Å². The van der Waals surface area contributed by atoms with E-state index in [1.165, 1.54) is 16.9 Å². The Balaban J connectivity index is 1.92. The minimum Gasteiger partial charge on any atom is -0.397 e. The Morgan fingerprint density at radius 3 is 3.06 bits per heavy atom. The van der Waals surface area contributed by atoms with E-state index in [9.17, 15) is 0 Å². The maximum atomic E-state index is 6.07. The summed E-state index contributed by atoms with van der Waals surface area (Å²) in [4.78, 5) is 6.48. The van der Waals surface area contributed by atoms with Crippen LogP contribution in [0.4, 0.5) is 11.4 Å². The lowest BCUT2D eigenvalue weighted by Crippen LogP contribution is -2.21. The number of anilines is 2. The molecule has 88 valence electrons. The van der Waals surface area contributed by atoms with Gasteiger partial charge < -0.3 is 15.2 Å². The Bertz CT molecular complexity index is 544. The molecule has 4 nitrogen and oxygen atoms in total. The fourth-order valence-corrected chi connectivity index (χ4v) is 2.46. The number of nitrogens with zero attached hydrogens (tertiary/aromatic N) is 3. The van der Waals surface area contributed by atoms with Gasteiger partial charge in [-0.1, -0.05) is 12.1 Å². The molecule has 0 fully saturated rings. The van der Waals surface area contributed by atoms with Crippen LogP contribution >= 0.6 is 0 Å². The van der Waals surface area contributed by atoms with Crippen LogP contribution in [-0.2, 0) is 20.0 Å². The topological polar surface area (TPSA) is 47.1 Å². The maximum Gasteiger partial charge on any atom is 0.0946 e. The van der Waals surface area contributed by atoms with Crippen LogP contribution in [0.5, 0.6) is 0 Å². The summed E-state index contributed by atoms with van der Waals surface area (Å²) < 4.78 is 2.05. The van der Waals surface area contributed by atoms with E-state index in [1.54, 1.807) is 0 Å². The molecule has 0 saturated carbocycles. The monoisotopic (exact) mass is 228 g/mol. The van der Waals surface area contributed by atoms with Gasteiger partial charge in [-0.15, -0.1) is 0 Å². The van der Waals surface area contributed by atoms with Gasteiger partial charge >= 0.3 is 0 Å². The number of rotatable bonds is 2. The lowest BCUT2D eigenvalue weighted by atomic mass is 10.1. The first-order valence-electron chi connectivity index (χ1n) is 5.83. The fraction of sp³-hybridized carbons (Fsp3) is 0.308. The molecular weight excluding hydrogens is 212 g/mol. The van der Waals surface area contributed by atoms with Crippen LogP contribution in [0.1, 0.15) is 11.3 Å². The second-order valence-corrected chi connectivity index (χ2v) is 4.52. The molecule has 0 bridgehead atoms. The molecule has 2 heterocycles. The molecule has 1 aromatic carbocycles. The summed E-state index contributed by atoms with van der Waals surface area (Å²) in [6.07, 6.45) is 4.83. The quantitative estimate of drug-likeness (QED) is 0.794. The molecule has 0 unspecified atom stereocenters. The number of fused-ring (bicyclic) bond motifs is 1. The number of aryl methyl sites for hydroxylation is 1. The lowest BCUT2D eigenvalue weighted by molar-refractivity contribution is 0.758. The first-order chi connectivity index (χ1) is 8.25. The highest BCUT2D eigenvalue weighted by Gasteiger charge is 2.21. The highest BCUT2D eigenvalue weighted by molar-refractivity contribution is 5.74. The SMILES string of the molecule is Cn1cncc1CN1CCc2cccc(N)c21. The van der Waals surface area contributed by atoms with E-state index in [4.69, 9.17) is 5.73 Å². The Morgan fingerprint density at radius 1 is 1.41 bits per heavy atom. The molecular formula is C13H16N4. The first-order valence-corrected chi connectivity index (χ1v) is 5.83. The van der Waals surface area contributed by atoms with Crippen molar-refractivity contribution in [3.8, 4) is 0 Å². The first kappa shape index (κ1) is 10.2. The molecule has 0 spiro atoms. The van der Waals surface area contributed by atoms with E-state index in [2.05, 4.69) is 20.5 Å². The van der Waals surface area contributed by atoms with Crippen molar-refractivity contribution in [2.75, 3.05) is 17.2 Å². The largest absolute Gasteiger partial charge is 0.397 e. The number of hydrogen-bond acceptors (Lipinski definition) is 3. The third-order valence-corrected chi connectivity index (χ3v) is 3.39. The second-order valence-electron chi connectivity index (χ2n) is 4.52. The van der Waals surface area contributed by atoms with Crippen molar-refractivity contribution < 1.29 is 0 Å². The van der Waals surface area contributed by atoms with Crippen LogP contribution in [-0.4, -0.2) is 16.1 Å². The van der Waals surface area contributed by atoms with Crippen molar-refractivity contribution in [2.45, 2.75) is 13.0 Å². The predicted octanol–water partition coefficient (Wildman–Crippen LogP) is 1.56. The van der Waals surface area contributed by atoms with Crippen LogP contribution in [0, 0.1) is 0 Å². The third-order valence-electron chi connectivity index (χ3n) is 3.39. The van der Waals surface area contributed by atoms with Gasteiger partial charge in [0.15, 0.2) is 0 Å². The Hall–Kier alpha value is -1.97. The van der Waals surface area contributed by atoms with Gasteiger partial charge in [0.05, 0.1) is 29.9 Å². The van der Waals surface area contributed by atoms with Crippen molar-refractivity contribution in [1.29, 1.82) is 0 Å². The molecule has 1 aliphatic rings. The standard InChI is InChI=1S/C13H16N4/c1-16-9-15-7-11(16)8-17-6-5-10-3-2-4-12(14)13(10)17/h2-4,7,9H,5-6,8,14H2,1H3. The summed E-state index contributed by atoms with van der Waals surface area (Å²) in [5.41, 5.74) is 10.7. The molecule has 0 radical (unpaired) electrons. The summed E-state index contributed by atoms with van der Waals surface area (Å²) >= 11 is 0.